The van der Waals surface area contributed by atoms with Gasteiger partial charge in [0, 0.05) is 25.7 Å². The number of anilines is 2. The van der Waals surface area contributed by atoms with E-state index in [0.29, 0.717) is 42.4 Å². The lowest BCUT2D eigenvalue weighted by Gasteiger charge is -2.17. The number of aryl methyl sites for hydroxylation is 2. The summed E-state index contributed by atoms with van der Waals surface area (Å²) in [6, 6.07) is 5.64. The topological polar surface area (TPSA) is 108 Å². The smallest absolute Gasteiger partial charge is 0.226 e. The number of nitrogens with one attached hydrogen (secondary N) is 2. The number of hydrogen-bond acceptors (Lipinski definition) is 7. The molecule has 0 fully saturated rings. The van der Waals surface area contributed by atoms with Gasteiger partial charge in [-0.25, -0.2) is 4.98 Å². The van der Waals surface area contributed by atoms with Gasteiger partial charge in [0.05, 0.1) is 11.9 Å². The van der Waals surface area contributed by atoms with Gasteiger partial charge >= 0.3 is 0 Å². The fourth-order valence-electron chi connectivity index (χ4n) is 2.73. The number of fused-ring (bicyclic) bond motifs is 1. The van der Waals surface area contributed by atoms with Crippen LogP contribution in [0.2, 0.25) is 0 Å². The van der Waals surface area contributed by atoms with Crippen LogP contribution in [0.4, 0.5) is 11.8 Å². The first-order valence-electron chi connectivity index (χ1n) is 8.91. The summed E-state index contributed by atoms with van der Waals surface area (Å²) in [6.07, 6.45) is 2.26. The Morgan fingerprint density at radius 2 is 1.96 bits per heavy atom. The van der Waals surface area contributed by atoms with E-state index in [9.17, 15) is 10.2 Å². The average Bonchev–Trinajstić information content (AvgIpc) is 2.96. The lowest BCUT2D eigenvalue weighted by Crippen LogP contribution is -2.23. The van der Waals surface area contributed by atoms with Crippen molar-refractivity contribution in [1.82, 2.24) is 19.5 Å². The van der Waals surface area contributed by atoms with E-state index >= 15 is 0 Å². The number of phenols is 1. The second-order valence-electron chi connectivity index (χ2n) is 7.35. The summed E-state index contributed by atoms with van der Waals surface area (Å²) in [5.41, 5.74) is 2.22. The van der Waals surface area contributed by atoms with Gasteiger partial charge in [0.25, 0.3) is 0 Å². The summed E-state index contributed by atoms with van der Waals surface area (Å²) in [6.45, 7) is 6.36. The molecule has 3 aromatic rings. The summed E-state index contributed by atoms with van der Waals surface area (Å²) in [5.74, 6) is 1.33. The number of imidazole rings is 1. The Balaban J connectivity index is 1.83. The van der Waals surface area contributed by atoms with Crippen molar-refractivity contribution in [3.05, 3.63) is 35.7 Å². The zero-order valence-corrected chi connectivity index (χ0v) is 16.1. The highest BCUT2D eigenvalue weighted by atomic mass is 16.3. The first kappa shape index (κ1) is 18.9. The summed E-state index contributed by atoms with van der Waals surface area (Å²) < 4.78 is 1.83. The molecule has 1 aromatic carbocycles. The molecule has 4 N–H and O–H groups in total. The standard InChI is InChI=1S/C19H26N6O2/c1-12-6-5-7-13(15(12)26)10-21-16-14-17(25(4)11-22-14)24-18(23-16)20-9-8-19(2,3)27/h5-7,11,26-27H,8-10H2,1-4H3,(H2,20,21,23,24). The first-order valence-corrected chi connectivity index (χ1v) is 8.91. The second kappa shape index (κ2) is 7.40. The first-order chi connectivity index (χ1) is 12.7. The highest BCUT2D eigenvalue weighted by molar-refractivity contribution is 5.84. The van der Waals surface area contributed by atoms with Crippen molar-refractivity contribution in [2.45, 2.75) is 39.3 Å². The van der Waals surface area contributed by atoms with Gasteiger partial charge in [-0.1, -0.05) is 18.2 Å². The van der Waals surface area contributed by atoms with Crippen molar-refractivity contribution >= 4 is 22.9 Å². The Kier molecular flexibility index (Phi) is 5.18. The zero-order chi connectivity index (χ0) is 19.6. The summed E-state index contributed by atoms with van der Waals surface area (Å²) in [4.78, 5) is 13.4. The largest absolute Gasteiger partial charge is 0.507 e. The van der Waals surface area contributed by atoms with Gasteiger partial charge < -0.3 is 25.4 Å². The molecule has 27 heavy (non-hydrogen) atoms. The Labute approximate surface area is 158 Å². The maximum absolute atomic E-state index is 10.2. The fraction of sp³-hybridized carbons (Fsp3) is 0.421. The van der Waals surface area contributed by atoms with Gasteiger partial charge in [0.1, 0.15) is 5.75 Å². The lowest BCUT2D eigenvalue weighted by atomic mass is 10.1. The molecule has 0 aliphatic carbocycles. The molecule has 0 radical (unpaired) electrons. The van der Waals surface area contributed by atoms with Crippen molar-refractivity contribution in [2.75, 3.05) is 17.2 Å². The van der Waals surface area contributed by atoms with E-state index in [2.05, 4.69) is 25.6 Å². The van der Waals surface area contributed by atoms with Crippen molar-refractivity contribution < 1.29 is 10.2 Å². The van der Waals surface area contributed by atoms with Gasteiger partial charge in [0.15, 0.2) is 17.0 Å². The van der Waals surface area contributed by atoms with Crippen LogP contribution < -0.4 is 10.6 Å². The van der Waals surface area contributed by atoms with Gasteiger partial charge in [-0.2, -0.15) is 9.97 Å². The summed E-state index contributed by atoms with van der Waals surface area (Å²) in [7, 11) is 1.87. The van der Waals surface area contributed by atoms with Crippen LogP contribution in [0.15, 0.2) is 24.5 Å². The zero-order valence-electron chi connectivity index (χ0n) is 16.1. The Morgan fingerprint density at radius 3 is 2.70 bits per heavy atom. The third-order valence-electron chi connectivity index (χ3n) is 4.35. The molecule has 0 unspecified atom stereocenters. The molecule has 3 rings (SSSR count). The molecule has 0 spiro atoms. The maximum atomic E-state index is 10.2. The molecule has 0 bridgehead atoms. The van der Waals surface area contributed by atoms with E-state index in [1.54, 1.807) is 20.2 Å². The van der Waals surface area contributed by atoms with Gasteiger partial charge in [-0.05, 0) is 32.8 Å². The number of rotatable bonds is 7. The molecule has 0 aliphatic rings. The second-order valence-corrected chi connectivity index (χ2v) is 7.35. The van der Waals surface area contributed by atoms with Crippen molar-refractivity contribution in [1.29, 1.82) is 0 Å². The molecule has 0 saturated carbocycles. The molecule has 144 valence electrons. The minimum absolute atomic E-state index is 0.278. The van der Waals surface area contributed by atoms with Gasteiger partial charge in [-0.3, -0.25) is 0 Å². The molecule has 0 atom stereocenters. The number of para-hydroxylation sites is 1. The molecule has 0 saturated heterocycles. The Bertz CT molecular complexity index is 945. The van der Waals surface area contributed by atoms with Crippen LogP contribution in [0.1, 0.15) is 31.4 Å². The third-order valence-corrected chi connectivity index (χ3v) is 4.35. The van der Waals surface area contributed by atoms with E-state index in [1.165, 1.54) is 0 Å². The normalized spacial score (nSPS) is 11.7. The minimum Gasteiger partial charge on any atom is -0.507 e. The fourth-order valence-corrected chi connectivity index (χ4v) is 2.73. The molecule has 0 amide bonds. The number of hydrogen-bond donors (Lipinski definition) is 4. The van der Waals surface area contributed by atoms with Crippen LogP contribution in [-0.4, -0.2) is 41.9 Å². The average molecular weight is 370 g/mol. The highest BCUT2D eigenvalue weighted by Gasteiger charge is 2.15. The van der Waals surface area contributed by atoms with E-state index < -0.39 is 5.60 Å². The van der Waals surface area contributed by atoms with Gasteiger partial charge in [0.2, 0.25) is 5.95 Å². The summed E-state index contributed by atoms with van der Waals surface area (Å²) >= 11 is 0. The molecule has 2 aromatic heterocycles. The third kappa shape index (κ3) is 4.46. The number of aromatic nitrogens is 4. The van der Waals surface area contributed by atoms with Crippen LogP contribution in [0.5, 0.6) is 5.75 Å². The Hall–Kier alpha value is -2.87. The van der Waals surface area contributed by atoms with Crippen molar-refractivity contribution in [2.24, 2.45) is 7.05 Å². The van der Waals surface area contributed by atoms with Gasteiger partial charge in [-0.15, -0.1) is 0 Å². The maximum Gasteiger partial charge on any atom is 0.226 e. The molecule has 2 heterocycles. The number of nitrogens with zero attached hydrogens (tertiary/aromatic N) is 4. The predicted molar refractivity (Wildman–Crippen MR) is 106 cm³/mol. The number of phenolic OH excluding ortho intramolecular Hbond substituents is 1. The van der Waals surface area contributed by atoms with Crippen LogP contribution in [0.25, 0.3) is 11.2 Å². The number of aromatic hydroxyl groups is 1. The molecular formula is C19H26N6O2. The molecule has 8 nitrogen and oxygen atoms in total. The SMILES string of the molecule is Cc1cccc(CNc2nc(NCCC(C)(C)O)nc3c2ncn3C)c1O. The monoisotopic (exact) mass is 370 g/mol. The van der Waals surface area contributed by atoms with E-state index in [4.69, 9.17) is 0 Å². The molecule has 8 heteroatoms. The lowest BCUT2D eigenvalue weighted by molar-refractivity contribution is 0.0748. The van der Waals surface area contributed by atoms with Crippen LogP contribution in [0.3, 0.4) is 0 Å². The number of aliphatic hydroxyl groups is 1. The minimum atomic E-state index is -0.757. The van der Waals surface area contributed by atoms with E-state index in [-0.39, 0.29) is 5.75 Å². The Morgan fingerprint density at radius 1 is 1.19 bits per heavy atom. The highest BCUT2D eigenvalue weighted by Crippen LogP contribution is 2.25. The van der Waals surface area contributed by atoms with E-state index in [0.717, 1.165) is 11.1 Å². The predicted octanol–water partition coefficient (Wildman–Crippen LogP) is 2.56. The quantitative estimate of drug-likeness (QED) is 0.506. The summed E-state index contributed by atoms with van der Waals surface area (Å²) in [5, 5.41) is 26.5. The molecule has 0 aliphatic heterocycles. The van der Waals surface area contributed by atoms with Crippen LogP contribution >= 0.6 is 0 Å². The van der Waals surface area contributed by atoms with E-state index in [1.807, 2.05) is 36.7 Å². The number of benzene rings is 1. The van der Waals surface area contributed by atoms with Crippen LogP contribution in [0, 0.1) is 6.92 Å². The van der Waals surface area contributed by atoms with Crippen LogP contribution in [-0.2, 0) is 13.6 Å². The van der Waals surface area contributed by atoms with Crippen molar-refractivity contribution in [3.63, 3.8) is 0 Å². The molecular weight excluding hydrogens is 344 g/mol. The van der Waals surface area contributed by atoms with Crippen molar-refractivity contribution in [3.8, 4) is 5.75 Å².